The highest BCUT2D eigenvalue weighted by molar-refractivity contribution is 5.81. The average Bonchev–Trinajstić information content (AvgIpc) is 2.63. The molecule has 1 amide bonds. The van der Waals surface area contributed by atoms with Crippen molar-refractivity contribution in [3.05, 3.63) is 23.7 Å². The standard InChI is InChI=1S/C12H16N2O2/c1-4-5-11(13)12(15)14(3)8-10-6-7-16-9(10)2/h1,6-7,11H,5,8,13H2,2-3H3. The highest BCUT2D eigenvalue weighted by Gasteiger charge is 2.18. The van der Waals surface area contributed by atoms with Crippen LogP contribution in [-0.4, -0.2) is 23.9 Å². The van der Waals surface area contributed by atoms with Crippen LogP contribution in [0.25, 0.3) is 0 Å². The zero-order chi connectivity index (χ0) is 12.1. The summed E-state index contributed by atoms with van der Waals surface area (Å²) < 4.78 is 5.15. The van der Waals surface area contributed by atoms with Crippen LogP contribution < -0.4 is 5.73 Å². The van der Waals surface area contributed by atoms with Crippen molar-refractivity contribution in [2.75, 3.05) is 7.05 Å². The number of hydrogen-bond donors (Lipinski definition) is 1. The van der Waals surface area contributed by atoms with Gasteiger partial charge in [-0.05, 0) is 13.0 Å². The second kappa shape index (κ2) is 5.38. The molecule has 0 fully saturated rings. The van der Waals surface area contributed by atoms with Gasteiger partial charge in [-0.3, -0.25) is 4.79 Å². The van der Waals surface area contributed by atoms with Gasteiger partial charge in [-0.1, -0.05) is 0 Å². The van der Waals surface area contributed by atoms with Crippen molar-refractivity contribution in [1.29, 1.82) is 0 Å². The van der Waals surface area contributed by atoms with Gasteiger partial charge in [0.1, 0.15) is 5.76 Å². The molecule has 0 spiro atoms. The molecule has 4 heteroatoms. The molecular weight excluding hydrogens is 204 g/mol. The molecule has 86 valence electrons. The van der Waals surface area contributed by atoms with Crippen LogP contribution in [0.4, 0.5) is 0 Å². The van der Waals surface area contributed by atoms with E-state index in [1.165, 1.54) is 0 Å². The van der Waals surface area contributed by atoms with Crippen LogP contribution in [0.1, 0.15) is 17.7 Å². The van der Waals surface area contributed by atoms with Gasteiger partial charge in [-0.15, -0.1) is 12.3 Å². The Morgan fingerprint density at radius 1 is 1.75 bits per heavy atom. The summed E-state index contributed by atoms with van der Waals surface area (Å²) in [6, 6.07) is 1.22. The lowest BCUT2D eigenvalue weighted by atomic mass is 10.2. The zero-order valence-electron chi connectivity index (χ0n) is 9.56. The first-order valence-electron chi connectivity index (χ1n) is 5.03. The Kier molecular flexibility index (Phi) is 4.15. The molecule has 0 saturated heterocycles. The molecule has 0 aliphatic heterocycles. The highest BCUT2D eigenvalue weighted by atomic mass is 16.3. The molecular formula is C12H16N2O2. The summed E-state index contributed by atoms with van der Waals surface area (Å²) in [4.78, 5) is 13.3. The van der Waals surface area contributed by atoms with Gasteiger partial charge >= 0.3 is 0 Å². The molecule has 0 aromatic carbocycles. The van der Waals surface area contributed by atoms with E-state index < -0.39 is 6.04 Å². The molecule has 0 saturated carbocycles. The number of nitrogens with two attached hydrogens (primary N) is 1. The van der Waals surface area contributed by atoms with E-state index in [9.17, 15) is 4.79 Å². The van der Waals surface area contributed by atoms with Crippen LogP contribution in [0.15, 0.2) is 16.7 Å². The first kappa shape index (κ1) is 12.3. The molecule has 4 nitrogen and oxygen atoms in total. The van der Waals surface area contributed by atoms with Crippen LogP contribution in [0, 0.1) is 19.3 Å². The van der Waals surface area contributed by atoms with E-state index in [0.29, 0.717) is 6.54 Å². The molecule has 0 radical (unpaired) electrons. The first-order valence-corrected chi connectivity index (χ1v) is 5.03. The van der Waals surface area contributed by atoms with Gasteiger partial charge in [0.2, 0.25) is 5.91 Å². The highest BCUT2D eigenvalue weighted by Crippen LogP contribution is 2.11. The van der Waals surface area contributed by atoms with E-state index in [0.717, 1.165) is 11.3 Å². The summed E-state index contributed by atoms with van der Waals surface area (Å²) in [6.07, 6.45) is 6.97. The molecule has 1 heterocycles. The summed E-state index contributed by atoms with van der Waals surface area (Å²) in [6.45, 7) is 2.34. The van der Waals surface area contributed by atoms with Crippen molar-refractivity contribution in [2.45, 2.75) is 25.9 Å². The van der Waals surface area contributed by atoms with Gasteiger partial charge < -0.3 is 15.1 Å². The average molecular weight is 220 g/mol. The molecule has 1 rings (SSSR count). The van der Waals surface area contributed by atoms with Gasteiger partial charge in [-0.25, -0.2) is 0 Å². The molecule has 0 bridgehead atoms. The predicted molar refractivity (Wildman–Crippen MR) is 61.3 cm³/mol. The second-order valence-corrected chi connectivity index (χ2v) is 3.71. The Morgan fingerprint density at radius 2 is 2.44 bits per heavy atom. The molecule has 0 aliphatic rings. The molecule has 2 N–H and O–H groups in total. The number of furan rings is 1. The molecule has 16 heavy (non-hydrogen) atoms. The van der Waals surface area contributed by atoms with Crippen LogP contribution in [-0.2, 0) is 11.3 Å². The lowest BCUT2D eigenvalue weighted by molar-refractivity contribution is -0.131. The van der Waals surface area contributed by atoms with Crippen molar-refractivity contribution in [2.24, 2.45) is 5.73 Å². The summed E-state index contributed by atoms with van der Waals surface area (Å²) in [5, 5.41) is 0. The quantitative estimate of drug-likeness (QED) is 0.767. The molecule has 1 atom stereocenters. The van der Waals surface area contributed by atoms with E-state index in [1.807, 2.05) is 13.0 Å². The fourth-order valence-corrected chi connectivity index (χ4v) is 1.41. The van der Waals surface area contributed by atoms with Crippen LogP contribution in [0.2, 0.25) is 0 Å². The SMILES string of the molecule is C#CCC(N)C(=O)N(C)Cc1ccoc1C. The molecule has 0 aliphatic carbocycles. The third-order valence-electron chi connectivity index (χ3n) is 2.40. The summed E-state index contributed by atoms with van der Waals surface area (Å²) in [5.74, 6) is 3.04. The Balaban J connectivity index is 2.59. The number of carbonyl (C=O) groups is 1. The van der Waals surface area contributed by atoms with Gasteiger partial charge in [0, 0.05) is 25.6 Å². The lowest BCUT2D eigenvalue weighted by Gasteiger charge is -2.19. The predicted octanol–water partition coefficient (Wildman–Crippen LogP) is 0.897. The number of hydrogen-bond acceptors (Lipinski definition) is 3. The van der Waals surface area contributed by atoms with E-state index in [-0.39, 0.29) is 12.3 Å². The minimum atomic E-state index is -0.623. The van der Waals surface area contributed by atoms with Crippen LogP contribution >= 0.6 is 0 Å². The topological polar surface area (TPSA) is 59.5 Å². The number of terminal acetylenes is 1. The van der Waals surface area contributed by atoms with Gasteiger partial charge in [0.15, 0.2) is 0 Å². The Bertz CT molecular complexity index is 403. The number of aryl methyl sites for hydroxylation is 1. The van der Waals surface area contributed by atoms with Crippen molar-refractivity contribution in [1.82, 2.24) is 4.90 Å². The zero-order valence-corrected chi connectivity index (χ0v) is 9.56. The molecule has 1 aromatic rings. The van der Waals surface area contributed by atoms with Crippen molar-refractivity contribution >= 4 is 5.91 Å². The largest absolute Gasteiger partial charge is 0.469 e. The van der Waals surface area contributed by atoms with Crippen molar-refractivity contribution in [3.8, 4) is 12.3 Å². The minimum Gasteiger partial charge on any atom is -0.469 e. The number of likely N-dealkylation sites (N-methyl/N-ethyl adjacent to an activating group) is 1. The Hall–Kier alpha value is -1.73. The maximum absolute atomic E-state index is 11.7. The van der Waals surface area contributed by atoms with Crippen molar-refractivity contribution < 1.29 is 9.21 Å². The van der Waals surface area contributed by atoms with Gasteiger partial charge in [-0.2, -0.15) is 0 Å². The Morgan fingerprint density at radius 3 is 2.94 bits per heavy atom. The van der Waals surface area contributed by atoms with E-state index in [1.54, 1.807) is 18.2 Å². The van der Waals surface area contributed by atoms with E-state index >= 15 is 0 Å². The number of amides is 1. The second-order valence-electron chi connectivity index (χ2n) is 3.71. The first-order chi connectivity index (χ1) is 7.56. The van der Waals surface area contributed by atoms with E-state index in [4.69, 9.17) is 16.6 Å². The summed E-state index contributed by atoms with van der Waals surface area (Å²) in [7, 11) is 1.70. The minimum absolute atomic E-state index is 0.154. The normalized spacial score (nSPS) is 11.9. The number of nitrogens with zero attached hydrogens (tertiary/aromatic N) is 1. The Labute approximate surface area is 95.4 Å². The lowest BCUT2D eigenvalue weighted by Crippen LogP contribution is -2.41. The number of rotatable bonds is 4. The molecule has 1 aromatic heterocycles. The maximum Gasteiger partial charge on any atom is 0.240 e. The van der Waals surface area contributed by atoms with Gasteiger partial charge in [0.05, 0.1) is 12.3 Å². The monoisotopic (exact) mass is 220 g/mol. The fraction of sp³-hybridized carbons (Fsp3) is 0.417. The summed E-state index contributed by atoms with van der Waals surface area (Å²) >= 11 is 0. The van der Waals surface area contributed by atoms with E-state index in [2.05, 4.69) is 5.92 Å². The maximum atomic E-state index is 11.7. The van der Waals surface area contributed by atoms with Crippen molar-refractivity contribution in [3.63, 3.8) is 0 Å². The smallest absolute Gasteiger partial charge is 0.240 e. The number of carbonyl (C=O) groups excluding carboxylic acids is 1. The molecule has 1 unspecified atom stereocenters. The van der Waals surface area contributed by atoms with Crippen LogP contribution in [0.3, 0.4) is 0 Å². The van der Waals surface area contributed by atoms with Gasteiger partial charge in [0.25, 0.3) is 0 Å². The third-order valence-corrected chi connectivity index (χ3v) is 2.40. The third kappa shape index (κ3) is 2.88. The van der Waals surface area contributed by atoms with Crippen LogP contribution in [0.5, 0.6) is 0 Å². The fourth-order valence-electron chi connectivity index (χ4n) is 1.41. The summed E-state index contributed by atoms with van der Waals surface area (Å²) in [5.41, 5.74) is 6.61.